The third-order valence-corrected chi connectivity index (χ3v) is 2.35. The molecule has 0 saturated carbocycles. The maximum atomic E-state index is 11.0. The summed E-state index contributed by atoms with van der Waals surface area (Å²) in [5.74, 6) is 0.727. The normalized spacial score (nSPS) is 10.1. The number of rotatable bonds is 6. The number of aryl methyl sites for hydroxylation is 1. The molecule has 0 aromatic carbocycles. The van der Waals surface area contributed by atoms with Crippen LogP contribution in [0.2, 0.25) is 0 Å². The minimum atomic E-state index is 0.0229. The summed E-state index contributed by atoms with van der Waals surface area (Å²) >= 11 is 0. The number of nitrogens with two attached hydrogens (primary N) is 1. The van der Waals surface area contributed by atoms with E-state index in [1.54, 1.807) is 7.05 Å². The average molecular weight is 237 g/mol. The maximum absolute atomic E-state index is 11.0. The predicted octanol–water partition coefficient (Wildman–Crippen LogP) is 0.754. The molecular formula is C12H19N3O2. The first-order chi connectivity index (χ1) is 8.17. The van der Waals surface area contributed by atoms with Crippen LogP contribution in [-0.2, 0) is 11.3 Å². The summed E-state index contributed by atoms with van der Waals surface area (Å²) in [4.78, 5) is 15.3. The lowest BCUT2D eigenvalue weighted by atomic mass is 10.2. The van der Waals surface area contributed by atoms with Crippen molar-refractivity contribution in [2.45, 2.75) is 26.3 Å². The average Bonchev–Trinajstić information content (AvgIpc) is 2.35. The fraction of sp³-hybridized carbons (Fsp3) is 0.500. The minimum Gasteiger partial charge on any atom is -0.492 e. The van der Waals surface area contributed by atoms with Gasteiger partial charge in [0.05, 0.1) is 12.3 Å². The summed E-state index contributed by atoms with van der Waals surface area (Å²) < 4.78 is 5.56. The number of nitrogens with zero attached hydrogens (tertiary/aromatic N) is 1. The van der Waals surface area contributed by atoms with Gasteiger partial charge in [-0.3, -0.25) is 9.78 Å². The molecule has 5 nitrogen and oxygen atoms in total. The first-order valence-electron chi connectivity index (χ1n) is 5.67. The van der Waals surface area contributed by atoms with Crippen LogP contribution in [0.25, 0.3) is 0 Å². The van der Waals surface area contributed by atoms with Crippen LogP contribution in [-0.4, -0.2) is 24.5 Å². The molecule has 0 aliphatic heterocycles. The van der Waals surface area contributed by atoms with Crippen molar-refractivity contribution in [3.8, 4) is 5.75 Å². The number of ether oxygens (including phenoxy) is 1. The molecule has 5 heteroatoms. The molecule has 1 aromatic heterocycles. The topological polar surface area (TPSA) is 77.2 Å². The molecule has 0 aliphatic carbocycles. The van der Waals surface area contributed by atoms with Gasteiger partial charge in [0.1, 0.15) is 5.75 Å². The highest BCUT2D eigenvalue weighted by Crippen LogP contribution is 2.16. The van der Waals surface area contributed by atoms with E-state index in [2.05, 4.69) is 10.3 Å². The van der Waals surface area contributed by atoms with Crippen molar-refractivity contribution in [2.75, 3.05) is 13.7 Å². The third kappa shape index (κ3) is 4.40. The number of amides is 1. The summed E-state index contributed by atoms with van der Waals surface area (Å²) in [5, 5.41) is 2.57. The fourth-order valence-corrected chi connectivity index (χ4v) is 1.42. The minimum absolute atomic E-state index is 0.0229. The number of aromatic nitrogens is 1. The van der Waals surface area contributed by atoms with Gasteiger partial charge in [0.25, 0.3) is 0 Å². The Kier molecular flexibility index (Phi) is 5.42. The zero-order valence-corrected chi connectivity index (χ0v) is 10.3. The molecule has 0 spiro atoms. The van der Waals surface area contributed by atoms with Gasteiger partial charge >= 0.3 is 0 Å². The fourth-order valence-electron chi connectivity index (χ4n) is 1.42. The number of nitrogens with one attached hydrogen (secondary N) is 1. The number of carbonyl (C=O) groups excluding carboxylic acids is 1. The Morgan fingerprint density at radius 1 is 1.53 bits per heavy atom. The Balaban J connectivity index is 2.43. The maximum Gasteiger partial charge on any atom is 0.219 e. The molecule has 0 saturated heterocycles. The highest BCUT2D eigenvalue weighted by atomic mass is 16.5. The van der Waals surface area contributed by atoms with Crippen LogP contribution in [0, 0.1) is 6.92 Å². The Morgan fingerprint density at radius 3 is 2.94 bits per heavy atom. The zero-order valence-electron chi connectivity index (χ0n) is 10.3. The van der Waals surface area contributed by atoms with Gasteiger partial charge in [0, 0.05) is 25.7 Å². The summed E-state index contributed by atoms with van der Waals surface area (Å²) in [6.45, 7) is 2.76. The molecule has 1 heterocycles. The lowest BCUT2D eigenvalue weighted by Gasteiger charge is -2.10. The van der Waals surface area contributed by atoms with Crippen molar-refractivity contribution in [1.82, 2.24) is 10.3 Å². The van der Waals surface area contributed by atoms with E-state index in [1.807, 2.05) is 19.1 Å². The van der Waals surface area contributed by atoms with Crippen molar-refractivity contribution < 1.29 is 9.53 Å². The van der Waals surface area contributed by atoms with Crippen LogP contribution >= 0.6 is 0 Å². The van der Waals surface area contributed by atoms with Crippen LogP contribution < -0.4 is 15.8 Å². The van der Waals surface area contributed by atoms with Gasteiger partial charge in [-0.25, -0.2) is 0 Å². The third-order valence-electron chi connectivity index (χ3n) is 2.35. The molecule has 0 fully saturated rings. The zero-order chi connectivity index (χ0) is 12.7. The van der Waals surface area contributed by atoms with Crippen molar-refractivity contribution in [3.05, 3.63) is 23.5 Å². The number of hydrogen-bond acceptors (Lipinski definition) is 4. The van der Waals surface area contributed by atoms with Gasteiger partial charge in [0.15, 0.2) is 0 Å². The van der Waals surface area contributed by atoms with E-state index in [4.69, 9.17) is 10.5 Å². The van der Waals surface area contributed by atoms with Gasteiger partial charge in [-0.05, 0) is 25.5 Å². The Labute approximate surface area is 101 Å². The SMILES string of the molecule is CNC(=O)CCCOc1ccc(C)nc1CN. The van der Waals surface area contributed by atoms with Crippen molar-refractivity contribution in [3.63, 3.8) is 0 Å². The van der Waals surface area contributed by atoms with Crippen LogP contribution in [0.5, 0.6) is 5.75 Å². The molecule has 17 heavy (non-hydrogen) atoms. The second kappa shape index (κ2) is 6.85. The summed E-state index contributed by atoms with van der Waals surface area (Å²) in [6, 6.07) is 3.75. The Hall–Kier alpha value is -1.62. The lowest BCUT2D eigenvalue weighted by molar-refractivity contribution is -0.120. The predicted molar refractivity (Wildman–Crippen MR) is 65.7 cm³/mol. The molecule has 0 bridgehead atoms. The summed E-state index contributed by atoms with van der Waals surface area (Å²) in [6.07, 6.45) is 1.14. The largest absolute Gasteiger partial charge is 0.492 e. The lowest BCUT2D eigenvalue weighted by Crippen LogP contribution is -2.18. The smallest absolute Gasteiger partial charge is 0.219 e. The quantitative estimate of drug-likeness (QED) is 0.716. The van der Waals surface area contributed by atoms with E-state index in [1.165, 1.54) is 0 Å². The van der Waals surface area contributed by atoms with Gasteiger partial charge in [-0.15, -0.1) is 0 Å². The molecule has 0 radical (unpaired) electrons. The van der Waals surface area contributed by atoms with E-state index >= 15 is 0 Å². The molecular weight excluding hydrogens is 218 g/mol. The monoisotopic (exact) mass is 237 g/mol. The standard InChI is InChI=1S/C12H19N3O2/c1-9-5-6-11(10(8-13)15-9)17-7-3-4-12(16)14-2/h5-6H,3-4,7-8,13H2,1-2H3,(H,14,16). The summed E-state index contributed by atoms with van der Waals surface area (Å²) in [5.41, 5.74) is 7.26. The van der Waals surface area contributed by atoms with E-state index < -0.39 is 0 Å². The first kappa shape index (κ1) is 13.4. The van der Waals surface area contributed by atoms with Crippen LogP contribution in [0.3, 0.4) is 0 Å². The van der Waals surface area contributed by atoms with E-state index in [9.17, 15) is 4.79 Å². The Morgan fingerprint density at radius 2 is 2.29 bits per heavy atom. The van der Waals surface area contributed by atoms with Crippen LogP contribution in [0.15, 0.2) is 12.1 Å². The second-order valence-electron chi connectivity index (χ2n) is 3.73. The van der Waals surface area contributed by atoms with Crippen LogP contribution in [0.1, 0.15) is 24.2 Å². The molecule has 1 rings (SSSR count). The van der Waals surface area contributed by atoms with Gasteiger partial charge in [0.2, 0.25) is 5.91 Å². The Bertz CT molecular complexity index is 380. The van der Waals surface area contributed by atoms with E-state index in [0.29, 0.717) is 31.7 Å². The molecule has 1 amide bonds. The highest BCUT2D eigenvalue weighted by molar-refractivity contribution is 5.75. The molecule has 94 valence electrons. The molecule has 3 N–H and O–H groups in total. The van der Waals surface area contributed by atoms with Gasteiger partial charge < -0.3 is 15.8 Å². The number of pyridine rings is 1. The van der Waals surface area contributed by atoms with Crippen molar-refractivity contribution >= 4 is 5.91 Å². The number of carbonyl (C=O) groups is 1. The van der Waals surface area contributed by atoms with Crippen molar-refractivity contribution in [2.24, 2.45) is 5.73 Å². The van der Waals surface area contributed by atoms with E-state index in [-0.39, 0.29) is 5.91 Å². The molecule has 0 atom stereocenters. The van der Waals surface area contributed by atoms with Crippen molar-refractivity contribution in [1.29, 1.82) is 0 Å². The molecule has 1 aromatic rings. The van der Waals surface area contributed by atoms with Crippen LogP contribution in [0.4, 0.5) is 0 Å². The van der Waals surface area contributed by atoms with Gasteiger partial charge in [-0.2, -0.15) is 0 Å². The highest BCUT2D eigenvalue weighted by Gasteiger charge is 2.04. The van der Waals surface area contributed by atoms with Gasteiger partial charge in [-0.1, -0.05) is 0 Å². The first-order valence-corrected chi connectivity index (χ1v) is 5.67. The number of hydrogen-bond donors (Lipinski definition) is 2. The summed E-state index contributed by atoms with van der Waals surface area (Å²) in [7, 11) is 1.62. The second-order valence-corrected chi connectivity index (χ2v) is 3.73. The molecule has 0 aliphatic rings. The molecule has 0 unspecified atom stereocenters. The van der Waals surface area contributed by atoms with E-state index in [0.717, 1.165) is 11.4 Å².